The highest BCUT2D eigenvalue weighted by molar-refractivity contribution is 9.10. The molecule has 5 atom stereocenters. The molecule has 2 fully saturated rings. The molecule has 2 aliphatic carbocycles. The normalized spacial score (nSPS) is 27.4. The molecule has 1 aliphatic heterocycles. The molecule has 0 unspecified atom stereocenters. The fraction of sp³-hybridized carbons (Fsp3) is 0.296. The molecule has 3 aliphatic rings. The van der Waals surface area contributed by atoms with Crippen LogP contribution in [0.5, 0.6) is 0 Å². The van der Waals surface area contributed by atoms with Crippen molar-refractivity contribution >= 4 is 33.2 Å². The summed E-state index contributed by atoms with van der Waals surface area (Å²) in [5.41, 5.74) is 4.48. The number of carbonyl (C=O) groups is 1. The van der Waals surface area contributed by atoms with Gasteiger partial charge >= 0.3 is 0 Å². The summed E-state index contributed by atoms with van der Waals surface area (Å²) in [6.07, 6.45) is 3.85. The van der Waals surface area contributed by atoms with Crippen LogP contribution in [0.1, 0.15) is 52.7 Å². The molecule has 2 saturated carbocycles. The summed E-state index contributed by atoms with van der Waals surface area (Å²) in [4.78, 5) is 13.0. The first-order chi connectivity index (χ1) is 15.6. The van der Waals surface area contributed by atoms with Gasteiger partial charge in [0.15, 0.2) is 0 Å². The van der Waals surface area contributed by atoms with Crippen molar-refractivity contribution in [2.45, 2.75) is 31.2 Å². The number of carbonyl (C=O) groups excluding carboxylic acids is 1. The van der Waals surface area contributed by atoms with Crippen LogP contribution >= 0.6 is 15.9 Å². The van der Waals surface area contributed by atoms with Crippen molar-refractivity contribution in [3.05, 3.63) is 93.7 Å². The van der Waals surface area contributed by atoms with Crippen LogP contribution in [0.2, 0.25) is 0 Å². The minimum atomic E-state index is -0.453. The van der Waals surface area contributed by atoms with Crippen molar-refractivity contribution in [3.8, 4) is 0 Å². The lowest BCUT2D eigenvalue weighted by Gasteiger charge is -2.43. The van der Waals surface area contributed by atoms with E-state index in [1.807, 2.05) is 18.2 Å². The van der Waals surface area contributed by atoms with Gasteiger partial charge in [0.1, 0.15) is 5.82 Å². The molecular formula is C27H24BrFN2O. The maximum absolute atomic E-state index is 14.2. The second-order valence-corrected chi connectivity index (χ2v) is 10.3. The molecule has 2 bridgehead atoms. The second-order valence-electron chi connectivity index (χ2n) is 9.35. The number of amides is 1. The predicted octanol–water partition coefficient (Wildman–Crippen LogP) is 7.14. The van der Waals surface area contributed by atoms with Gasteiger partial charge in [-0.25, -0.2) is 4.39 Å². The lowest BCUT2D eigenvalue weighted by Crippen LogP contribution is -2.35. The third-order valence-electron chi connectivity index (χ3n) is 7.69. The maximum Gasteiger partial charge on any atom is 0.255 e. The zero-order valence-electron chi connectivity index (χ0n) is 17.5. The van der Waals surface area contributed by atoms with Gasteiger partial charge in [0, 0.05) is 15.7 Å². The lowest BCUT2D eigenvalue weighted by molar-refractivity contribution is 0.102. The van der Waals surface area contributed by atoms with Crippen LogP contribution in [0, 0.1) is 23.6 Å². The largest absolute Gasteiger partial charge is 0.378 e. The van der Waals surface area contributed by atoms with Crippen LogP contribution in [-0.2, 0) is 0 Å². The van der Waals surface area contributed by atoms with Gasteiger partial charge in [-0.3, -0.25) is 4.79 Å². The van der Waals surface area contributed by atoms with Crippen LogP contribution in [0.25, 0.3) is 0 Å². The molecule has 0 spiro atoms. The van der Waals surface area contributed by atoms with Gasteiger partial charge in [0.2, 0.25) is 0 Å². The maximum atomic E-state index is 14.2. The highest BCUT2D eigenvalue weighted by atomic mass is 79.9. The smallest absolute Gasteiger partial charge is 0.255 e. The van der Waals surface area contributed by atoms with Crippen molar-refractivity contribution in [1.82, 2.24) is 0 Å². The minimum Gasteiger partial charge on any atom is -0.378 e. The van der Waals surface area contributed by atoms with Crippen molar-refractivity contribution in [2.24, 2.45) is 17.8 Å². The standard InChI is InChI=1S/C27H24BrFN2O/c28-19-9-11-23(21(29)14-19)31-27(32)18-8-10-22-20(13-18)24-16-6-7-17(12-16)25(24)26(30-22)15-4-2-1-3-5-15/h1-5,8-11,13-14,16-17,24-26,30H,6-7,12H2,(H,31,32)/t16-,17-,24-,25+,26+/m0/s1. The molecule has 0 radical (unpaired) electrons. The molecule has 5 heteroatoms. The molecule has 162 valence electrons. The first-order valence-corrected chi connectivity index (χ1v) is 12.1. The number of halogens is 2. The summed E-state index contributed by atoms with van der Waals surface area (Å²) in [6, 6.07) is 21.6. The number of hydrogen-bond donors (Lipinski definition) is 2. The molecule has 0 saturated heterocycles. The molecular weight excluding hydrogens is 467 g/mol. The van der Waals surface area contributed by atoms with E-state index in [1.54, 1.807) is 12.1 Å². The molecule has 2 N–H and O–H groups in total. The summed E-state index contributed by atoms with van der Waals surface area (Å²) in [7, 11) is 0. The Morgan fingerprint density at radius 1 is 1.00 bits per heavy atom. The van der Waals surface area contributed by atoms with Crippen LogP contribution < -0.4 is 10.6 Å². The molecule has 3 aromatic rings. The number of hydrogen-bond acceptors (Lipinski definition) is 2. The summed E-state index contributed by atoms with van der Waals surface area (Å²) in [5.74, 6) is 1.69. The van der Waals surface area contributed by atoms with Crippen LogP contribution in [-0.4, -0.2) is 5.91 Å². The van der Waals surface area contributed by atoms with E-state index in [2.05, 4.69) is 56.9 Å². The average Bonchev–Trinajstić information content (AvgIpc) is 3.43. The van der Waals surface area contributed by atoms with Crippen molar-refractivity contribution in [3.63, 3.8) is 0 Å². The quantitative estimate of drug-likeness (QED) is 0.409. The molecule has 6 rings (SSSR count). The van der Waals surface area contributed by atoms with Crippen molar-refractivity contribution in [1.29, 1.82) is 0 Å². The number of anilines is 2. The summed E-state index contributed by atoms with van der Waals surface area (Å²) in [5, 5.41) is 6.54. The molecule has 1 amide bonds. The Morgan fingerprint density at radius 2 is 1.81 bits per heavy atom. The van der Waals surface area contributed by atoms with Gasteiger partial charge in [0.05, 0.1) is 11.7 Å². The van der Waals surface area contributed by atoms with Gasteiger partial charge in [-0.2, -0.15) is 0 Å². The third kappa shape index (κ3) is 3.25. The lowest BCUT2D eigenvalue weighted by atomic mass is 9.68. The summed E-state index contributed by atoms with van der Waals surface area (Å²) >= 11 is 3.25. The Labute approximate surface area is 195 Å². The zero-order valence-corrected chi connectivity index (χ0v) is 19.1. The Hall–Kier alpha value is -2.66. The topological polar surface area (TPSA) is 41.1 Å². The molecule has 3 nitrogen and oxygen atoms in total. The fourth-order valence-electron chi connectivity index (χ4n) is 6.40. The van der Waals surface area contributed by atoms with E-state index in [0.717, 1.165) is 11.6 Å². The monoisotopic (exact) mass is 490 g/mol. The van der Waals surface area contributed by atoms with Gasteiger partial charge in [-0.05, 0) is 90.5 Å². The summed E-state index contributed by atoms with van der Waals surface area (Å²) < 4.78 is 14.9. The Bertz CT molecular complexity index is 1200. The highest BCUT2D eigenvalue weighted by Crippen LogP contribution is 2.63. The van der Waals surface area contributed by atoms with Crippen molar-refractivity contribution < 1.29 is 9.18 Å². The minimum absolute atomic E-state index is 0.191. The van der Waals surface area contributed by atoms with E-state index < -0.39 is 5.82 Å². The Balaban J connectivity index is 1.34. The third-order valence-corrected chi connectivity index (χ3v) is 8.18. The Morgan fingerprint density at radius 3 is 2.62 bits per heavy atom. The number of fused-ring (bicyclic) bond motifs is 7. The van der Waals surface area contributed by atoms with E-state index >= 15 is 0 Å². The van der Waals surface area contributed by atoms with E-state index in [1.165, 1.54) is 36.5 Å². The van der Waals surface area contributed by atoms with Crippen LogP contribution in [0.4, 0.5) is 15.8 Å². The Kier molecular flexibility index (Phi) is 4.83. The van der Waals surface area contributed by atoms with Crippen LogP contribution in [0.3, 0.4) is 0 Å². The predicted molar refractivity (Wildman–Crippen MR) is 128 cm³/mol. The van der Waals surface area contributed by atoms with E-state index in [9.17, 15) is 9.18 Å². The van der Waals surface area contributed by atoms with E-state index in [0.29, 0.717) is 33.8 Å². The zero-order chi connectivity index (χ0) is 21.8. The van der Waals surface area contributed by atoms with Gasteiger partial charge in [-0.1, -0.05) is 46.3 Å². The SMILES string of the molecule is O=C(Nc1ccc(Br)cc1F)c1ccc2c(c1)[C@@H]1[C@H]3CC[C@@H](C3)[C@H]1[C@@H](c1ccccc1)N2. The molecule has 3 aromatic carbocycles. The number of rotatable bonds is 3. The fourth-order valence-corrected chi connectivity index (χ4v) is 6.74. The first kappa shape index (κ1) is 20.0. The number of nitrogens with one attached hydrogen (secondary N) is 2. The highest BCUT2D eigenvalue weighted by Gasteiger charge is 2.53. The summed E-state index contributed by atoms with van der Waals surface area (Å²) in [6.45, 7) is 0. The number of benzene rings is 3. The average molecular weight is 491 g/mol. The molecule has 32 heavy (non-hydrogen) atoms. The van der Waals surface area contributed by atoms with E-state index in [4.69, 9.17) is 0 Å². The first-order valence-electron chi connectivity index (χ1n) is 11.3. The molecule has 1 heterocycles. The van der Waals surface area contributed by atoms with Crippen molar-refractivity contribution in [2.75, 3.05) is 10.6 Å². The molecule has 0 aromatic heterocycles. The van der Waals surface area contributed by atoms with Crippen LogP contribution in [0.15, 0.2) is 71.2 Å². The second kappa shape index (κ2) is 7.73. The van der Waals surface area contributed by atoms with Gasteiger partial charge < -0.3 is 10.6 Å². The van der Waals surface area contributed by atoms with Gasteiger partial charge in [-0.15, -0.1) is 0 Å². The van der Waals surface area contributed by atoms with E-state index in [-0.39, 0.29) is 11.6 Å². The van der Waals surface area contributed by atoms with Gasteiger partial charge in [0.25, 0.3) is 5.91 Å².